The second kappa shape index (κ2) is 5.38. The van der Waals surface area contributed by atoms with E-state index in [1.165, 1.54) is 10.9 Å². The Labute approximate surface area is 115 Å². The van der Waals surface area contributed by atoms with Crippen LogP contribution in [-0.2, 0) is 13.1 Å². The average Bonchev–Trinajstić information content (AvgIpc) is 2.82. The average molecular weight is 273 g/mol. The van der Waals surface area contributed by atoms with E-state index >= 15 is 0 Å². The van der Waals surface area contributed by atoms with Gasteiger partial charge in [0, 0.05) is 41.4 Å². The summed E-state index contributed by atoms with van der Waals surface area (Å²) in [6.07, 6.45) is 5.32. The van der Waals surface area contributed by atoms with Crippen LogP contribution in [0.25, 0.3) is 10.9 Å². The summed E-state index contributed by atoms with van der Waals surface area (Å²) in [6.45, 7) is 1.51. The molecule has 0 saturated heterocycles. The standard InChI is InChI=1S/C14H13ClN4/c15-11-1-2-13-10(7-18-14(13)5-11)6-17-8-12-3-4-16-9-19-12/h1-5,7,9,17-18H,6,8H2. The van der Waals surface area contributed by atoms with E-state index in [4.69, 9.17) is 11.6 Å². The molecule has 19 heavy (non-hydrogen) atoms. The van der Waals surface area contributed by atoms with Gasteiger partial charge in [0.25, 0.3) is 0 Å². The lowest BCUT2D eigenvalue weighted by Crippen LogP contribution is -2.13. The molecule has 0 aliphatic rings. The summed E-state index contributed by atoms with van der Waals surface area (Å²) in [7, 11) is 0. The minimum absolute atomic E-state index is 0.725. The Balaban J connectivity index is 1.69. The van der Waals surface area contributed by atoms with Crippen LogP contribution in [0, 0.1) is 0 Å². The molecule has 0 fully saturated rings. The van der Waals surface area contributed by atoms with E-state index in [2.05, 4.69) is 20.3 Å². The molecule has 0 saturated carbocycles. The van der Waals surface area contributed by atoms with Crippen LogP contribution in [0.1, 0.15) is 11.3 Å². The molecule has 5 heteroatoms. The third kappa shape index (κ3) is 2.75. The summed E-state index contributed by atoms with van der Waals surface area (Å²) in [4.78, 5) is 11.3. The first-order valence-electron chi connectivity index (χ1n) is 6.04. The number of hydrogen-bond donors (Lipinski definition) is 2. The van der Waals surface area contributed by atoms with Crippen LogP contribution in [0.2, 0.25) is 5.02 Å². The quantitative estimate of drug-likeness (QED) is 0.768. The predicted octanol–water partition coefficient (Wildman–Crippen LogP) is 2.90. The maximum Gasteiger partial charge on any atom is 0.115 e. The van der Waals surface area contributed by atoms with Crippen molar-refractivity contribution >= 4 is 22.5 Å². The fourth-order valence-corrected chi connectivity index (χ4v) is 2.22. The van der Waals surface area contributed by atoms with Gasteiger partial charge in [-0.25, -0.2) is 9.97 Å². The molecule has 0 spiro atoms. The van der Waals surface area contributed by atoms with Gasteiger partial charge in [-0.1, -0.05) is 17.7 Å². The lowest BCUT2D eigenvalue weighted by Gasteiger charge is -2.03. The maximum absolute atomic E-state index is 5.96. The third-order valence-electron chi connectivity index (χ3n) is 2.99. The van der Waals surface area contributed by atoms with E-state index in [-0.39, 0.29) is 0 Å². The molecule has 2 aromatic heterocycles. The molecule has 0 amide bonds. The van der Waals surface area contributed by atoms with Crippen molar-refractivity contribution in [1.82, 2.24) is 20.3 Å². The first kappa shape index (κ1) is 12.1. The minimum Gasteiger partial charge on any atom is -0.361 e. The summed E-state index contributed by atoms with van der Waals surface area (Å²) in [6, 6.07) is 7.79. The number of aromatic nitrogens is 3. The molecule has 2 N–H and O–H groups in total. The number of benzene rings is 1. The zero-order valence-electron chi connectivity index (χ0n) is 10.2. The van der Waals surface area contributed by atoms with E-state index < -0.39 is 0 Å². The molecule has 1 aromatic carbocycles. The van der Waals surface area contributed by atoms with Gasteiger partial charge in [-0.3, -0.25) is 0 Å². The number of nitrogens with one attached hydrogen (secondary N) is 2. The molecular weight excluding hydrogens is 260 g/mol. The zero-order chi connectivity index (χ0) is 13.1. The van der Waals surface area contributed by atoms with Crippen molar-refractivity contribution in [2.75, 3.05) is 0 Å². The van der Waals surface area contributed by atoms with Gasteiger partial charge in [-0.05, 0) is 23.8 Å². The summed E-state index contributed by atoms with van der Waals surface area (Å²) < 4.78 is 0. The van der Waals surface area contributed by atoms with Gasteiger partial charge in [0.2, 0.25) is 0 Å². The maximum atomic E-state index is 5.96. The predicted molar refractivity (Wildman–Crippen MR) is 75.9 cm³/mol. The third-order valence-corrected chi connectivity index (χ3v) is 3.23. The second-order valence-electron chi connectivity index (χ2n) is 4.31. The number of fused-ring (bicyclic) bond motifs is 1. The Bertz CT molecular complexity index is 678. The van der Waals surface area contributed by atoms with Gasteiger partial charge in [0.1, 0.15) is 6.33 Å². The van der Waals surface area contributed by atoms with Crippen LogP contribution in [0.5, 0.6) is 0 Å². The van der Waals surface area contributed by atoms with Gasteiger partial charge < -0.3 is 10.3 Å². The van der Waals surface area contributed by atoms with Crippen LogP contribution >= 0.6 is 11.6 Å². The van der Waals surface area contributed by atoms with Gasteiger partial charge in [-0.15, -0.1) is 0 Å². The molecular formula is C14H13ClN4. The first-order chi connectivity index (χ1) is 9.33. The highest BCUT2D eigenvalue weighted by Crippen LogP contribution is 2.21. The highest BCUT2D eigenvalue weighted by molar-refractivity contribution is 6.31. The summed E-state index contributed by atoms with van der Waals surface area (Å²) in [5.41, 5.74) is 3.27. The largest absolute Gasteiger partial charge is 0.361 e. The molecule has 0 atom stereocenters. The topological polar surface area (TPSA) is 53.6 Å². The number of nitrogens with zero attached hydrogens (tertiary/aromatic N) is 2. The van der Waals surface area contributed by atoms with Gasteiger partial charge >= 0.3 is 0 Å². The minimum atomic E-state index is 0.725. The number of hydrogen-bond acceptors (Lipinski definition) is 3. The van der Waals surface area contributed by atoms with E-state index in [0.717, 1.165) is 29.3 Å². The van der Waals surface area contributed by atoms with Crippen LogP contribution in [0.4, 0.5) is 0 Å². The van der Waals surface area contributed by atoms with Crippen molar-refractivity contribution in [1.29, 1.82) is 0 Å². The van der Waals surface area contributed by atoms with E-state index in [1.54, 1.807) is 12.5 Å². The Kier molecular flexibility index (Phi) is 3.44. The molecule has 0 radical (unpaired) electrons. The highest BCUT2D eigenvalue weighted by Gasteiger charge is 2.03. The smallest absolute Gasteiger partial charge is 0.115 e. The zero-order valence-corrected chi connectivity index (χ0v) is 11.0. The van der Waals surface area contributed by atoms with Crippen LogP contribution < -0.4 is 5.32 Å². The van der Waals surface area contributed by atoms with Crippen LogP contribution in [0.15, 0.2) is 43.0 Å². The first-order valence-corrected chi connectivity index (χ1v) is 6.42. The molecule has 3 aromatic rings. The lowest BCUT2D eigenvalue weighted by molar-refractivity contribution is 0.680. The fraction of sp³-hybridized carbons (Fsp3) is 0.143. The van der Waals surface area contributed by atoms with Gasteiger partial charge in [0.05, 0.1) is 5.69 Å². The molecule has 2 heterocycles. The van der Waals surface area contributed by atoms with E-state index in [0.29, 0.717) is 0 Å². The molecule has 0 bridgehead atoms. The summed E-state index contributed by atoms with van der Waals surface area (Å²) in [5, 5.41) is 5.31. The Morgan fingerprint density at radius 2 is 2.16 bits per heavy atom. The van der Waals surface area contributed by atoms with Crippen molar-refractivity contribution in [3.8, 4) is 0 Å². The van der Waals surface area contributed by atoms with Gasteiger partial charge in [-0.2, -0.15) is 0 Å². The number of halogens is 1. The lowest BCUT2D eigenvalue weighted by atomic mass is 10.2. The van der Waals surface area contributed by atoms with Crippen molar-refractivity contribution in [2.45, 2.75) is 13.1 Å². The fourth-order valence-electron chi connectivity index (χ4n) is 2.05. The summed E-state index contributed by atoms with van der Waals surface area (Å²) in [5.74, 6) is 0. The monoisotopic (exact) mass is 272 g/mol. The number of rotatable bonds is 4. The summed E-state index contributed by atoms with van der Waals surface area (Å²) >= 11 is 5.96. The van der Waals surface area contributed by atoms with Crippen molar-refractivity contribution in [2.24, 2.45) is 0 Å². The SMILES string of the molecule is Clc1ccc2c(CNCc3ccncn3)c[nH]c2c1. The molecule has 96 valence electrons. The van der Waals surface area contributed by atoms with Crippen molar-refractivity contribution in [3.05, 3.63) is 59.3 Å². The Hall–Kier alpha value is -1.91. The molecule has 0 aliphatic carbocycles. The van der Waals surface area contributed by atoms with Gasteiger partial charge in [0.15, 0.2) is 0 Å². The van der Waals surface area contributed by atoms with Crippen LogP contribution in [0.3, 0.4) is 0 Å². The Morgan fingerprint density at radius 1 is 1.21 bits per heavy atom. The van der Waals surface area contributed by atoms with Crippen molar-refractivity contribution in [3.63, 3.8) is 0 Å². The number of H-pyrrole nitrogens is 1. The normalized spacial score (nSPS) is 11.0. The molecule has 0 aliphatic heterocycles. The second-order valence-corrected chi connectivity index (χ2v) is 4.74. The van der Waals surface area contributed by atoms with E-state index in [9.17, 15) is 0 Å². The van der Waals surface area contributed by atoms with E-state index in [1.807, 2.05) is 30.5 Å². The number of aromatic amines is 1. The van der Waals surface area contributed by atoms with Crippen LogP contribution in [-0.4, -0.2) is 15.0 Å². The highest BCUT2D eigenvalue weighted by atomic mass is 35.5. The molecule has 0 unspecified atom stereocenters. The molecule has 3 rings (SSSR count). The van der Waals surface area contributed by atoms with Crippen molar-refractivity contribution < 1.29 is 0 Å². The molecule has 4 nitrogen and oxygen atoms in total. The Morgan fingerprint density at radius 3 is 3.00 bits per heavy atom.